The molecule has 0 saturated carbocycles. The predicted molar refractivity (Wildman–Crippen MR) is 78.2 cm³/mol. The molecule has 0 aliphatic rings. The van der Waals surface area contributed by atoms with Gasteiger partial charge in [-0.15, -0.1) is 0 Å². The Morgan fingerprint density at radius 1 is 0.882 bits per heavy atom. The maximum Gasteiger partial charge on any atom is -0.0260 e. The zero-order valence-corrected chi connectivity index (χ0v) is 11.4. The Labute approximate surface area is 107 Å². The molecular weight excluding hydrogens is 204 g/mol. The van der Waals surface area contributed by atoms with E-state index in [4.69, 9.17) is 0 Å². The minimum atomic E-state index is 1.18. The number of aryl methyl sites for hydroxylation is 1. The molecule has 1 aromatic rings. The third-order valence-electron chi connectivity index (χ3n) is 3.06. The lowest BCUT2D eigenvalue weighted by atomic mass is 10.0. The molecule has 0 nitrogen and oxygen atoms in total. The van der Waals surface area contributed by atoms with E-state index in [2.05, 4.69) is 50.3 Å². The van der Waals surface area contributed by atoms with Crippen molar-refractivity contribution < 1.29 is 0 Å². The third-order valence-corrected chi connectivity index (χ3v) is 3.06. The van der Waals surface area contributed by atoms with Gasteiger partial charge in [0.15, 0.2) is 0 Å². The first-order valence-electron chi connectivity index (χ1n) is 7.12. The minimum absolute atomic E-state index is 1.18. The van der Waals surface area contributed by atoms with E-state index in [0.717, 1.165) is 0 Å². The van der Waals surface area contributed by atoms with Gasteiger partial charge < -0.3 is 0 Å². The predicted octanol–water partition coefficient (Wildman–Crippen LogP) is 5.62. The molecule has 0 amide bonds. The first-order valence-corrected chi connectivity index (χ1v) is 7.12. The summed E-state index contributed by atoms with van der Waals surface area (Å²) >= 11 is 0. The Morgan fingerprint density at radius 2 is 1.65 bits per heavy atom. The monoisotopic (exact) mass is 230 g/mol. The molecule has 0 aliphatic carbocycles. The van der Waals surface area contributed by atoms with Crippen molar-refractivity contribution in [2.75, 3.05) is 0 Å². The van der Waals surface area contributed by atoms with Gasteiger partial charge in [-0.05, 0) is 30.4 Å². The molecule has 17 heavy (non-hydrogen) atoms. The number of benzene rings is 1. The van der Waals surface area contributed by atoms with Crippen LogP contribution in [-0.4, -0.2) is 0 Å². The lowest BCUT2D eigenvalue weighted by Gasteiger charge is -2.02. The molecule has 0 heteroatoms. The van der Waals surface area contributed by atoms with Crippen LogP contribution in [0.25, 0.3) is 6.08 Å². The molecule has 0 saturated heterocycles. The summed E-state index contributed by atoms with van der Waals surface area (Å²) in [5.74, 6) is 0. The molecule has 0 atom stereocenters. The summed E-state index contributed by atoms with van der Waals surface area (Å²) in [6.07, 6.45) is 13.5. The van der Waals surface area contributed by atoms with E-state index in [-0.39, 0.29) is 0 Å². The maximum atomic E-state index is 2.28. The lowest BCUT2D eigenvalue weighted by molar-refractivity contribution is 0.667. The van der Waals surface area contributed by atoms with Crippen molar-refractivity contribution in [1.82, 2.24) is 0 Å². The smallest absolute Gasteiger partial charge is 0.0260 e. The number of allylic oxidation sites excluding steroid dienone is 1. The van der Waals surface area contributed by atoms with Crippen molar-refractivity contribution in [1.29, 1.82) is 0 Å². The van der Waals surface area contributed by atoms with Crippen LogP contribution in [-0.2, 0) is 6.42 Å². The second kappa shape index (κ2) is 9.04. The first-order chi connectivity index (χ1) is 8.36. The fraction of sp³-hybridized carbons (Fsp3) is 0.529. The maximum absolute atomic E-state index is 2.28. The van der Waals surface area contributed by atoms with Crippen LogP contribution in [0.2, 0.25) is 0 Å². The van der Waals surface area contributed by atoms with E-state index < -0.39 is 0 Å². The highest BCUT2D eigenvalue weighted by atomic mass is 14.0. The number of hydrogen-bond acceptors (Lipinski definition) is 0. The molecule has 0 heterocycles. The Kier molecular flexibility index (Phi) is 7.46. The molecular formula is C17H26. The quantitative estimate of drug-likeness (QED) is 0.508. The van der Waals surface area contributed by atoms with Crippen molar-refractivity contribution in [3.8, 4) is 0 Å². The van der Waals surface area contributed by atoms with E-state index in [1.54, 1.807) is 0 Å². The molecule has 0 bridgehead atoms. The number of hydrogen-bond donors (Lipinski definition) is 0. The van der Waals surface area contributed by atoms with Crippen LogP contribution >= 0.6 is 0 Å². The standard InChI is InChI=1S/C17H26/c1-3-5-7-9-11-17-14-12-16(13-15-17)10-8-6-4-2/h8,10,12-15H,3-7,9,11H2,1-2H3. The molecule has 0 fully saturated rings. The van der Waals surface area contributed by atoms with Gasteiger partial charge in [-0.2, -0.15) is 0 Å². The van der Waals surface area contributed by atoms with E-state index in [1.165, 1.54) is 56.1 Å². The van der Waals surface area contributed by atoms with Crippen LogP contribution in [0.3, 0.4) is 0 Å². The summed E-state index contributed by atoms with van der Waals surface area (Å²) in [7, 11) is 0. The second-order valence-corrected chi connectivity index (χ2v) is 4.74. The van der Waals surface area contributed by atoms with E-state index >= 15 is 0 Å². The van der Waals surface area contributed by atoms with Gasteiger partial charge in [0.1, 0.15) is 0 Å². The highest BCUT2D eigenvalue weighted by molar-refractivity contribution is 5.49. The van der Waals surface area contributed by atoms with Gasteiger partial charge in [-0.25, -0.2) is 0 Å². The summed E-state index contributed by atoms with van der Waals surface area (Å²) in [5.41, 5.74) is 2.81. The fourth-order valence-electron chi connectivity index (χ4n) is 1.94. The van der Waals surface area contributed by atoms with Crippen LogP contribution in [0.5, 0.6) is 0 Å². The topological polar surface area (TPSA) is 0 Å². The highest BCUT2D eigenvalue weighted by Crippen LogP contribution is 2.11. The van der Waals surface area contributed by atoms with E-state index in [9.17, 15) is 0 Å². The summed E-state index contributed by atoms with van der Waals surface area (Å²) in [5, 5.41) is 0. The van der Waals surface area contributed by atoms with Gasteiger partial charge in [0.25, 0.3) is 0 Å². The van der Waals surface area contributed by atoms with Crippen LogP contribution in [0.1, 0.15) is 63.5 Å². The molecule has 0 N–H and O–H groups in total. The van der Waals surface area contributed by atoms with Crippen LogP contribution in [0, 0.1) is 0 Å². The highest BCUT2D eigenvalue weighted by Gasteiger charge is 1.93. The average Bonchev–Trinajstić information content (AvgIpc) is 2.37. The lowest BCUT2D eigenvalue weighted by Crippen LogP contribution is -1.85. The van der Waals surface area contributed by atoms with Crippen LogP contribution < -0.4 is 0 Å². The normalized spacial score (nSPS) is 11.2. The Balaban J connectivity index is 2.34. The zero-order valence-electron chi connectivity index (χ0n) is 11.4. The summed E-state index contributed by atoms with van der Waals surface area (Å²) in [6.45, 7) is 4.47. The van der Waals surface area contributed by atoms with Gasteiger partial charge in [0.2, 0.25) is 0 Å². The molecule has 0 unspecified atom stereocenters. The van der Waals surface area contributed by atoms with Crippen molar-refractivity contribution in [3.63, 3.8) is 0 Å². The van der Waals surface area contributed by atoms with Crippen molar-refractivity contribution in [3.05, 3.63) is 41.5 Å². The Morgan fingerprint density at radius 3 is 2.29 bits per heavy atom. The Bertz CT molecular complexity index is 305. The SMILES string of the molecule is CCCC=Cc1ccc(CCCCCC)cc1. The minimum Gasteiger partial charge on any atom is -0.0840 e. The molecule has 0 spiro atoms. The fourth-order valence-corrected chi connectivity index (χ4v) is 1.94. The average molecular weight is 230 g/mol. The number of unbranched alkanes of at least 4 members (excludes halogenated alkanes) is 4. The second-order valence-electron chi connectivity index (χ2n) is 4.74. The van der Waals surface area contributed by atoms with Crippen molar-refractivity contribution in [2.45, 2.75) is 58.8 Å². The number of rotatable bonds is 8. The van der Waals surface area contributed by atoms with Gasteiger partial charge in [-0.3, -0.25) is 0 Å². The van der Waals surface area contributed by atoms with E-state index in [0.29, 0.717) is 0 Å². The van der Waals surface area contributed by atoms with Gasteiger partial charge in [0.05, 0.1) is 0 Å². The zero-order chi connectivity index (χ0) is 12.3. The van der Waals surface area contributed by atoms with Crippen LogP contribution in [0.15, 0.2) is 30.3 Å². The molecule has 94 valence electrons. The van der Waals surface area contributed by atoms with Gasteiger partial charge >= 0.3 is 0 Å². The molecule has 0 aliphatic heterocycles. The first kappa shape index (κ1) is 14.0. The molecule has 1 aromatic carbocycles. The van der Waals surface area contributed by atoms with Crippen molar-refractivity contribution in [2.24, 2.45) is 0 Å². The summed E-state index contributed by atoms with van der Waals surface area (Å²) in [6, 6.07) is 9.03. The van der Waals surface area contributed by atoms with Gasteiger partial charge in [0, 0.05) is 0 Å². The molecule has 0 radical (unpaired) electrons. The Hall–Kier alpha value is -1.04. The summed E-state index contributed by atoms with van der Waals surface area (Å²) in [4.78, 5) is 0. The largest absolute Gasteiger partial charge is 0.0840 e. The van der Waals surface area contributed by atoms with Crippen LogP contribution in [0.4, 0.5) is 0 Å². The summed E-state index contributed by atoms with van der Waals surface area (Å²) < 4.78 is 0. The van der Waals surface area contributed by atoms with E-state index in [1.807, 2.05) is 0 Å². The van der Waals surface area contributed by atoms with Gasteiger partial charge in [-0.1, -0.05) is 75.9 Å². The third kappa shape index (κ3) is 6.31. The molecule has 0 aromatic heterocycles. The molecule has 1 rings (SSSR count). The van der Waals surface area contributed by atoms with Crippen molar-refractivity contribution >= 4 is 6.08 Å².